The fourth-order valence-corrected chi connectivity index (χ4v) is 8.93. The molecular formula is C30H35FN2O3. The minimum Gasteiger partial charge on any atom is -0.393 e. The van der Waals surface area contributed by atoms with Crippen molar-refractivity contribution in [3.8, 4) is 5.69 Å². The first-order valence-corrected chi connectivity index (χ1v) is 13.1. The van der Waals surface area contributed by atoms with Crippen LogP contribution in [0.1, 0.15) is 58.7 Å². The van der Waals surface area contributed by atoms with Crippen molar-refractivity contribution in [3.05, 3.63) is 64.8 Å². The molecular weight excluding hydrogens is 455 g/mol. The lowest BCUT2D eigenvalue weighted by Gasteiger charge is -2.59. The Balaban J connectivity index is 1.46. The number of carbonyl (C=O) groups is 1. The Morgan fingerprint density at radius 2 is 1.92 bits per heavy atom. The lowest BCUT2D eigenvalue weighted by atomic mass is 9.46. The number of aromatic nitrogens is 2. The van der Waals surface area contributed by atoms with E-state index in [1.807, 2.05) is 24.7 Å². The van der Waals surface area contributed by atoms with Crippen LogP contribution in [0.4, 0.5) is 4.39 Å². The number of ketones is 1. The van der Waals surface area contributed by atoms with E-state index < -0.39 is 17.1 Å². The second kappa shape index (κ2) is 7.48. The molecule has 0 aliphatic heterocycles. The molecule has 1 heterocycles. The first-order valence-electron chi connectivity index (χ1n) is 13.1. The van der Waals surface area contributed by atoms with Gasteiger partial charge >= 0.3 is 0 Å². The fraction of sp³-hybridized carbons (Fsp3) is 0.533. The van der Waals surface area contributed by atoms with E-state index in [1.54, 1.807) is 12.1 Å². The molecule has 4 aliphatic rings. The number of aliphatic hydroxyl groups excluding tert-OH is 1. The van der Waals surface area contributed by atoms with Gasteiger partial charge in [-0.2, -0.15) is 5.10 Å². The van der Waals surface area contributed by atoms with Crippen LogP contribution in [0.2, 0.25) is 0 Å². The number of Topliss-reactive ketones (excluding diaryl/α,β-unsaturated/α-hetero) is 1. The molecule has 2 N–H and O–H groups in total. The molecule has 6 heteroatoms. The maximum atomic E-state index is 13.5. The highest BCUT2D eigenvalue weighted by molar-refractivity contribution is 5.86. The minimum absolute atomic E-state index is 0.0191. The topological polar surface area (TPSA) is 75.3 Å². The molecule has 8 atom stereocenters. The lowest BCUT2D eigenvalue weighted by Crippen LogP contribution is -2.62. The monoisotopic (exact) mass is 490 g/mol. The first-order chi connectivity index (χ1) is 16.9. The van der Waals surface area contributed by atoms with Crippen LogP contribution in [0.15, 0.2) is 47.7 Å². The Hall–Kier alpha value is -2.57. The van der Waals surface area contributed by atoms with Crippen molar-refractivity contribution in [2.45, 2.75) is 65.6 Å². The van der Waals surface area contributed by atoms with Crippen LogP contribution in [0.25, 0.3) is 11.8 Å². The van der Waals surface area contributed by atoms with Crippen molar-refractivity contribution in [2.24, 2.45) is 34.5 Å². The summed E-state index contributed by atoms with van der Waals surface area (Å²) in [5, 5.41) is 28.1. The van der Waals surface area contributed by atoms with E-state index in [-0.39, 0.29) is 40.7 Å². The molecule has 36 heavy (non-hydrogen) atoms. The van der Waals surface area contributed by atoms with Gasteiger partial charge in [0.1, 0.15) is 11.4 Å². The molecule has 2 saturated carbocycles. The Bertz CT molecular complexity index is 1330. The Labute approximate surface area is 211 Å². The van der Waals surface area contributed by atoms with Crippen LogP contribution < -0.4 is 0 Å². The van der Waals surface area contributed by atoms with Gasteiger partial charge in [0.05, 0.1) is 23.7 Å². The maximum Gasteiger partial charge on any atom is 0.162 e. The Kier molecular flexibility index (Phi) is 4.95. The van der Waals surface area contributed by atoms with Crippen LogP contribution in [-0.4, -0.2) is 37.5 Å². The quantitative estimate of drug-likeness (QED) is 0.628. The molecule has 1 aromatic carbocycles. The highest BCUT2D eigenvalue weighted by Gasteiger charge is 2.69. The van der Waals surface area contributed by atoms with Gasteiger partial charge in [-0.25, -0.2) is 9.07 Å². The smallest absolute Gasteiger partial charge is 0.162 e. The van der Waals surface area contributed by atoms with E-state index in [0.717, 1.165) is 29.8 Å². The van der Waals surface area contributed by atoms with Crippen LogP contribution >= 0.6 is 0 Å². The summed E-state index contributed by atoms with van der Waals surface area (Å²) in [6, 6.07) is 6.36. The molecule has 4 aliphatic carbocycles. The number of nitrogens with zero attached hydrogens (tertiary/aromatic N) is 2. The predicted molar refractivity (Wildman–Crippen MR) is 136 cm³/mol. The summed E-state index contributed by atoms with van der Waals surface area (Å²) < 4.78 is 15.4. The Morgan fingerprint density at radius 3 is 2.58 bits per heavy atom. The van der Waals surface area contributed by atoms with Gasteiger partial charge in [-0.05, 0) is 92.3 Å². The summed E-state index contributed by atoms with van der Waals surface area (Å²) in [5.74, 6) is -0.448. The number of aliphatic hydroxyl groups is 2. The summed E-state index contributed by atoms with van der Waals surface area (Å²) in [7, 11) is 0. The molecule has 0 radical (unpaired) electrons. The van der Waals surface area contributed by atoms with Gasteiger partial charge in [0.15, 0.2) is 5.78 Å². The average molecular weight is 491 g/mol. The third-order valence-electron chi connectivity index (χ3n) is 10.5. The lowest BCUT2D eigenvalue weighted by molar-refractivity contribution is -0.175. The largest absolute Gasteiger partial charge is 0.393 e. The Morgan fingerprint density at radius 1 is 1.22 bits per heavy atom. The summed E-state index contributed by atoms with van der Waals surface area (Å²) >= 11 is 0. The van der Waals surface area contributed by atoms with Gasteiger partial charge in [-0.15, -0.1) is 0 Å². The standard InChI is InChI=1S/C30H35FN2O3/c1-16-10-22-24-11-17(2)30(36,18(3)34)29(24,5)14-26(35)27(22)28(4)13-19-15-32-33(25(19)12-23(16)28)21-8-6-20(31)7-9-21/h6-10,12,15,17,22,24,26-27,35-36H,11,13-14H2,1-5H3. The number of hydrogen-bond acceptors (Lipinski definition) is 4. The molecule has 6 rings (SSSR count). The summed E-state index contributed by atoms with van der Waals surface area (Å²) in [5.41, 5.74) is 2.92. The van der Waals surface area contributed by atoms with Crippen molar-refractivity contribution in [1.82, 2.24) is 9.78 Å². The van der Waals surface area contributed by atoms with E-state index >= 15 is 0 Å². The fourth-order valence-electron chi connectivity index (χ4n) is 8.93. The minimum atomic E-state index is -1.42. The second-order valence-electron chi connectivity index (χ2n) is 12.3. The normalized spacial score (nSPS) is 40.9. The van der Waals surface area contributed by atoms with Crippen LogP contribution in [-0.2, 0) is 11.2 Å². The number of fused-ring (bicyclic) bond motifs is 6. The second-order valence-corrected chi connectivity index (χ2v) is 12.3. The summed E-state index contributed by atoms with van der Waals surface area (Å²) in [4.78, 5) is 12.7. The summed E-state index contributed by atoms with van der Waals surface area (Å²) in [6.07, 6.45) is 7.68. The number of carbonyl (C=O) groups excluding carboxylic acids is 1. The summed E-state index contributed by atoms with van der Waals surface area (Å²) in [6.45, 7) is 9.89. The van der Waals surface area contributed by atoms with E-state index in [1.165, 1.54) is 30.2 Å². The molecule has 1 aromatic heterocycles. The molecule has 0 bridgehead atoms. The van der Waals surface area contributed by atoms with Crippen molar-refractivity contribution in [2.75, 3.05) is 0 Å². The molecule has 0 saturated heterocycles. The van der Waals surface area contributed by atoms with Gasteiger partial charge in [-0.1, -0.05) is 32.4 Å². The van der Waals surface area contributed by atoms with E-state index in [0.29, 0.717) is 6.42 Å². The first kappa shape index (κ1) is 23.8. The number of benzene rings is 1. The number of allylic oxidation sites excluding steroid dienone is 3. The molecule has 190 valence electrons. The predicted octanol–water partition coefficient (Wildman–Crippen LogP) is 4.90. The van der Waals surface area contributed by atoms with Crippen molar-refractivity contribution in [3.63, 3.8) is 0 Å². The molecule has 0 spiro atoms. The molecule has 2 aromatic rings. The van der Waals surface area contributed by atoms with E-state index in [2.05, 4.69) is 31.1 Å². The van der Waals surface area contributed by atoms with Gasteiger partial charge < -0.3 is 10.2 Å². The third kappa shape index (κ3) is 2.83. The third-order valence-corrected chi connectivity index (χ3v) is 10.5. The van der Waals surface area contributed by atoms with Gasteiger partial charge in [0, 0.05) is 16.7 Å². The highest BCUT2D eigenvalue weighted by Crippen LogP contribution is 2.68. The number of halogens is 1. The highest BCUT2D eigenvalue weighted by atomic mass is 19.1. The zero-order valence-electron chi connectivity index (χ0n) is 21.6. The van der Waals surface area contributed by atoms with Crippen LogP contribution in [0, 0.1) is 40.3 Å². The van der Waals surface area contributed by atoms with Gasteiger partial charge in [0.25, 0.3) is 0 Å². The SMILES string of the molecule is CC(=O)C1(O)C(C)CC2C3C=C(C)C4=Cc5c(cnn5-c5ccc(F)cc5)CC4(C)C3C(O)CC21C. The van der Waals surface area contributed by atoms with Crippen molar-refractivity contribution in [1.29, 1.82) is 0 Å². The van der Waals surface area contributed by atoms with Gasteiger partial charge in [-0.3, -0.25) is 4.79 Å². The van der Waals surface area contributed by atoms with E-state index in [9.17, 15) is 19.4 Å². The number of rotatable bonds is 2. The average Bonchev–Trinajstić information content (AvgIpc) is 3.30. The zero-order chi connectivity index (χ0) is 25.8. The zero-order valence-corrected chi connectivity index (χ0v) is 21.6. The molecule has 2 fully saturated rings. The van der Waals surface area contributed by atoms with Crippen LogP contribution in [0.3, 0.4) is 0 Å². The van der Waals surface area contributed by atoms with E-state index in [4.69, 9.17) is 0 Å². The molecule has 0 amide bonds. The number of hydrogen-bond donors (Lipinski definition) is 2. The maximum absolute atomic E-state index is 13.5. The van der Waals surface area contributed by atoms with Crippen molar-refractivity contribution >= 4 is 11.9 Å². The van der Waals surface area contributed by atoms with Crippen LogP contribution in [0.5, 0.6) is 0 Å². The van der Waals surface area contributed by atoms with Crippen molar-refractivity contribution < 1.29 is 19.4 Å². The van der Waals surface area contributed by atoms with Gasteiger partial charge in [0.2, 0.25) is 0 Å². The molecule has 8 unspecified atom stereocenters. The molecule has 5 nitrogen and oxygen atoms in total.